The van der Waals surface area contributed by atoms with Crippen LogP contribution in [0.25, 0.3) is 0 Å². The SMILES string of the molecule is CC1(C)CN(C(CO)C(N)C(C)(C)C)CC(C)(C)O1. The fourth-order valence-corrected chi connectivity index (χ4v) is 3.11. The lowest BCUT2D eigenvalue weighted by atomic mass is 9.81. The predicted molar refractivity (Wildman–Crippen MR) is 79.1 cm³/mol. The molecule has 114 valence electrons. The molecule has 4 heteroatoms. The Morgan fingerprint density at radius 3 is 1.89 bits per heavy atom. The monoisotopic (exact) mass is 272 g/mol. The molecule has 4 nitrogen and oxygen atoms in total. The highest BCUT2D eigenvalue weighted by atomic mass is 16.5. The van der Waals surface area contributed by atoms with Crippen LogP contribution >= 0.6 is 0 Å². The van der Waals surface area contributed by atoms with Crippen LogP contribution in [0.4, 0.5) is 0 Å². The van der Waals surface area contributed by atoms with Crippen LogP contribution in [0.1, 0.15) is 48.5 Å². The number of aliphatic hydroxyl groups is 1. The molecule has 3 N–H and O–H groups in total. The molecule has 1 fully saturated rings. The zero-order chi connectivity index (χ0) is 15.1. The van der Waals surface area contributed by atoms with Gasteiger partial charge in [-0.2, -0.15) is 0 Å². The van der Waals surface area contributed by atoms with E-state index in [0.717, 1.165) is 13.1 Å². The molecule has 2 atom stereocenters. The van der Waals surface area contributed by atoms with E-state index in [1.54, 1.807) is 0 Å². The standard InChI is InChI=1S/C15H32N2O2/c1-13(2,3)12(16)11(8-18)17-9-14(4,5)19-15(6,7)10-17/h11-12,18H,8-10,16H2,1-7H3. The Kier molecular flexibility index (Phi) is 4.73. The zero-order valence-electron chi connectivity index (χ0n) is 13.7. The molecule has 1 rings (SSSR count). The number of nitrogens with two attached hydrogens (primary N) is 1. The number of hydrogen-bond donors (Lipinski definition) is 2. The summed E-state index contributed by atoms with van der Waals surface area (Å²) in [6.07, 6.45) is 0. The average Bonchev–Trinajstić information content (AvgIpc) is 2.11. The van der Waals surface area contributed by atoms with Gasteiger partial charge < -0.3 is 15.6 Å². The van der Waals surface area contributed by atoms with Crippen molar-refractivity contribution in [2.24, 2.45) is 11.1 Å². The Morgan fingerprint density at radius 2 is 1.58 bits per heavy atom. The van der Waals surface area contributed by atoms with Crippen LogP contribution < -0.4 is 5.73 Å². The van der Waals surface area contributed by atoms with Crippen molar-refractivity contribution in [2.45, 2.75) is 71.8 Å². The molecule has 0 amide bonds. The van der Waals surface area contributed by atoms with Crippen LogP contribution in [0.5, 0.6) is 0 Å². The van der Waals surface area contributed by atoms with Crippen molar-refractivity contribution in [3.8, 4) is 0 Å². The van der Waals surface area contributed by atoms with Gasteiger partial charge in [0.25, 0.3) is 0 Å². The van der Waals surface area contributed by atoms with E-state index in [-0.39, 0.29) is 35.3 Å². The smallest absolute Gasteiger partial charge is 0.0760 e. The molecule has 19 heavy (non-hydrogen) atoms. The van der Waals surface area contributed by atoms with Crippen molar-refractivity contribution < 1.29 is 9.84 Å². The van der Waals surface area contributed by atoms with Gasteiger partial charge in [-0.1, -0.05) is 20.8 Å². The largest absolute Gasteiger partial charge is 0.395 e. The molecule has 0 aliphatic carbocycles. The van der Waals surface area contributed by atoms with Gasteiger partial charge in [-0.15, -0.1) is 0 Å². The van der Waals surface area contributed by atoms with E-state index in [9.17, 15) is 5.11 Å². The molecule has 1 heterocycles. The summed E-state index contributed by atoms with van der Waals surface area (Å²) in [5.41, 5.74) is 5.91. The summed E-state index contributed by atoms with van der Waals surface area (Å²) in [6, 6.07) is -0.0929. The number of aliphatic hydroxyl groups excluding tert-OH is 1. The lowest BCUT2D eigenvalue weighted by Gasteiger charge is -2.51. The molecule has 0 spiro atoms. The summed E-state index contributed by atoms with van der Waals surface area (Å²) in [5.74, 6) is 0. The molecule has 0 aromatic rings. The van der Waals surface area contributed by atoms with E-state index in [1.165, 1.54) is 0 Å². The maximum atomic E-state index is 9.79. The summed E-state index contributed by atoms with van der Waals surface area (Å²) in [5, 5.41) is 9.79. The first-order valence-electron chi connectivity index (χ1n) is 7.19. The second-order valence-electron chi connectivity index (χ2n) is 8.17. The van der Waals surface area contributed by atoms with Crippen LogP contribution in [0, 0.1) is 5.41 Å². The van der Waals surface area contributed by atoms with Crippen molar-refractivity contribution in [2.75, 3.05) is 19.7 Å². The first-order chi connectivity index (χ1) is 8.38. The van der Waals surface area contributed by atoms with E-state index in [4.69, 9.17) is 10.5 Å². The van der Waals surface area contributed by atoms with Gasteiger partial charge in [0.05, 0.1) is 17.8 Å². The minimum Gasteiger partial charge on any atom is -0.395 e. The molecule has 0 radical (unpaired) electrons. The van der Waals surface area contributed by atoms with Crippen LogP contribution in [0.3, 0.4) is 0 Å². The third-order valence-electron chi connectivity index (χ3n) is 3.79. The number of morpholine rings is 1. The fourth-order valence-electron chi connectivity index (χ4n) is 3.11. The first-order valence-corrected chi connectivity index (χ1v) is 7.19. The number of hydrogen-bond acceptors (Lipinski definition) is 4. The Morgan fingerprint density at radius 1 is 1.16 bits per heavy atom. The normalized spacial score (nSPS) is 27.0. The second-order valence-corrected chi connectivity index (χ2v) is 8.17. The van der Waals surface area contributed by atoms with Crippen LogP contribution in [0.15, 0.2) is 0 Å². The highest BCUT2D eigenvalue weighted by Crippen LogP contribution is 2.31. The molecule has 0 saturated carbocycles. The van der Waals surface area contributed by atoms with Gasteiger partial charge in [-0.05, 0) is 33.1 Å². The first kappa shape index (κ1) is 16.9. The summed E-state index contributed by atoms with van der Waals surface area (Å²) >= 11 is 0. The Labute approximate surface area is 118 Å². The molecular weight excluding hydrogens is 240 g/mol. The van der Waals surface area contributed by atoms with Gasteiger partial charge in [-0.25, -0.2) is 0 Å². The third-order valence-corrected chi connectivity index (χ3v) is 3.79. The minimum atomic E-state index is -0.216. The Hall–Kier alpha value is -0.160. The minimum absolute atomic E-state index is 0.0255. The predicted octanol–water partition coefficient (Wildman–Crippen LogP) is 1.61. The average molecular weight is 272 g/mol. The van der Waals surface area contributed by atoms with E-state index in [2.05, 4.69) is 53.4 Å². The lowest BCUT2D eigenvalue weighted by Crippen LogP contribution is -2.65. The maximum absolute atomic E-state index is 9.79. The van der Waals surface area contributed by atoms with Crippen molar-refractivity contribution in [3.05, 3.63) is 0 Å². The third kappa shape index (κ3) is 4.42. The van der Waals surface area contributed by atoms with Crippen LogP contribution in [-0.2, 0) is 4.74 Å². The van der Waals surface area contributed by atoms with Crippen molar-refractivity contribution in [1.82, 2.24) is 4.90 Å². The van der Waals surface area contributed by atoms with Gasteiger partial charge in [0.1, 0.15) is 0 Å². The van der Waals surface area contributed by atoms with Gasteiger partial charge in [-0.3, -0.25) is 4.90 Å². The highest BCUT2D eigenvalue weighted by Gasteiger charge is 2.43. The zero-order valence-corrected chi connectivity index (χ0v) is 13.7. The van der Waals surface area contributed by atoms with E-state index < -0.39 is 0 Å². The number of nitrogens with zero attached hydrogens (tertiary/aromatic N) is 1. The topological polar surface area (TPSA) is 58.7 Å². The van der Waals surface area contributed by atoms with Crippen molar-refractivity contribution in [3.63, 3.8) is 0 Å². The molecule has 0 bridgehead atoms. The molecule has 1 aliphatic rings. The van der Waals surface area contributed by atoms with Gasteiger partial charge in [0, 0.05) is 25.2 Å². The summed E-state index contributed by atoms with van der Waals surface area (Å²) < 4.78 is 6.09. The second kappa shape index (κ2) is 5.32. The molecular formula is C15H32N2O2. The van der Waals surface area contributed by atoms with Crippen LogP contribution in [-0.4, -0.2) is 53.0 Å². The Balaban J connectivity index is 2.92. The van der Waals surface area contributed by atoms with Crippen molar-refractivity contribution >= 4 is 0 Å². The molecule has 0 aromatic heterocycles. The number of ether oxygens (including phenoxy) is 1. The van der Waals surface area contributed by atoms with E-state index >= 15 is 0 Å². The van der Waals surface area contributed by atoms with Crippen LogP contribution in [0.2, 0.25) is 0 Å². The summed E-state index contributed by atoms with van der Waals surface area (Å²) in [7, 11) is 0. The molecule has 2 unspecified atom stereocenters. The van der Waals surface area contributed by atoms with E-state index in [1.807, 2.05) is 0 Å². The molecule has 1 aliphatic heterocycles. The van der Waals surface area contributed by atoms with E-state index in [0.29, 0.717) is 0 Å². The van der Waals surface area contributed by atoms with Gasteiger partial charge >= 0.3 is 0 Å². The summed E-state index contributed by atoms with van der Waals surface area (Å²) in [4.78, 5) is 2.29. The van der Waals surface area contributed by atoms with Gasteiger partial charge in [0.2, 0.25) is 0 Å². The maximum Gasteiger partial charge on any atom is 0.0760 e. The quantitative estimate of drug-likeness (QED) is 0.819. The van der Waals surface area contributed by atoms with Gasteiger partial charge in [0.15, 0.2) is 0 Å². The van der Waals surface area contributed by atoms with Crippen molar-refractivity contribution in [1.29, 1.82) is 0 Å². The lowest BCUT2D eigenvalue weighted by molar-refractivity contribution is -0.192. The number of rotatable bonds is 3. The Bertz CT molecular complexity index is 292. The molecule has 1 saturated heterocycles. The highest BCUT2D eigenvalue weighted by molar-refractivity contribution is 4.97. The summed E-state index contributed by atoms with van der Waals surface area (Å²) in [6.45, 7) is 16.4. The molecule has 0 aromatic carbocycles. The fraction of sp³-hybridized carbons (Fsp3) is 1.00.